The highest BCUT2D eigenvalue weighted by atomic mass is 127. The number of halogens is 1. The minimum absolute atomic E-state index is 0.461. The van der Waals surface area contributed by atoms with Crippen LogP contribution in [0.2, 0.25) is 0 Å². The Hall–Kier alpha value is -1.31. The molecule has 0 saturated heterocycles. The lowest BCUT2D eigenvalue weighted by atomic mass is 10.2. The van der Waals surface area contributed by atoms with Gasteiger partial charge in [-0.05, 0) is 55.5 Å². The van der Waals surface area contributed by atoms with Crippen molar-refractivity contribution < 1.29 is 9.53 Å². The SMILES string of the molecule is CC(C)(C)OC(=O)Nc1ccc2ncc(I)n2c1. The second-order valence-corrected chi connectivity index (χ2v) is 5.96. The lowest BCUT2D eigenvalue weighted by Gasteiger charge is -2.19. The summed E-state index contributed by atoms with van der Waals surface area (Å²) in [6.45, 7) is 5.48. The molecule has 0 aromatic carbocycles. The Bertz CT molecular complexity index is 587. The molecule has 0 aliphatic carbocycles. The van der Waals surface area contributed by atoms with Crippen LogP contribution in [-0.2, 0) is 4.74 Å². The van der Waals surface area contributed by atoms with Gasteiger partial charge in [-0.1, -0.05) is 0 Å². The number of nitrogens with zero attached hydrogens (tertiary/aromatic N) is 2. The van der Waals surface area contributed by atoms with Crippen LogP contribution in [-0.4, -0.2) is 21.1 Å². The Morgan fingerprint density at radius 3 is 2.83 bits per heavy atom. The molecule has 0 radical (unpaired) electrons. The van der Waals surface area contributed by atoms with E-state index in [2.05, 4.69) is 32.9 Å². The van der Waals surface area contributed by atoms with Gasteiger partial charge in [-0.15, -0.1) is 0 Å². The van der Waals surface area contributed by atoms with E-state index in [-0.39, 0.29) is 0 Å². The van der Waals surface area contributed by atoms with Gasteiger partial charge in [0, 0.05) is 6.20 Å². The van der Waals surface area contributed by atoms with E-state index >= 15 is 0 Å². The minimum atomic E-state index is -0.502. The van der Waals surface area contributed by atoms with E-state index in [0.29, 0.717) is 5.69 Å². The van der Waals surface area contributed by atoms with Crippen LogP contribution >= 0.6 is 22.6 Å². The second-order valence-electron chi connectivity index (χ2n) is 4.85. The molecule has 6 heteroatoms. The van der Waals surface area contributed by atoms with Crippen LogP contribution in [0.25, 0.3) is 5.65 Å². The van der Waals surface area contributed by atoms with Gasteiger partial charge >= 0.3 is 6.09 Å². The van der Waals surface area contributed by atoms with Crippen molar-refractivity contribution in [2.24, 2.45) is 0 Å². The highest BCUT2D eigenvalue weighted by Crippen LogP contribution is 2.15. The van der Waals surface area contributed by atoms with E-state index in [1.165, 1.54) is 0 Å². The Kier molecular flexibility index (Phi) is 3.47. The summed E-state index contributed by atoms with van der Waals surface area (Å²) in [5, 5.41) is 2.69. The number of anilines is 1. The molecule has 1 N–H and O–H groups in total. The van der Waals surface area contributed by atoms with Gasteiger partial charge in [0.25, 0.3) is 0 Å². The number of carbonyl (C=O) groups is 1. The molecule has 18 heavy (non-hydrogen) atoms. The van der Waals surface area contributed by atoms with Crippen molar-refractivity contribution in [3.05, 3.63) is 28.2 Å². The molecule has 2 aromatic heterocycles. The summed E-state index contributed by atoms with van der Waals surface area (Å²) in [5.41, 5.74) is 1.01. The number of hydrogen-bond donors (Lipinski definition) is 1. The molecular weight excluding hydrogens is 345 g/mol. The fraction of sp³-hybridized carbons (Fsp3) is 0.333. The van der Waals surface area contributed by atoms with Crippen molar-refractivity contribution in [3.8, 4) is 0 Å². The normalized spacial score (nSPS) is 11.6. The number of amides is 1. The topological polar surface area (TPSA) is 55.6 Å². The fourth-order valence-electron chi connectivity index (χ4n) is 1.45. The molecule has 0 fully saturated rings. The molecule has 96 valence electrons. The summed E-state index contributed by atoms with van der Waals surface area (Å²) < 4.78 is 8.07. The van der Waals surface area contributed by atoms with Crippen LogP contribution in [0, 0.1) is 3.70 Å². The summed E-state index contributed by atoms with van der Waals surface area (Å²) in [7, 11) is 0. The minimum Gasteiger partial charge on any atom is -0.444 e. The van der Waals surface area contributed by atoms with Crippen LogP contribution in [0.3, 0.4) is 0 Å². The molecule has 0 bridgehead atoms. The molecule has 2 aromatic rings. The number of carbonyl (C=O) groups excluding carboxylic acids is 1. The van der Waals surface area contributed by atoms with Crippen LogP contribution in [0.4, 0.5) is 10.5 Å². The van der Waals surface area contributed by atoms with Crippen LogP contribution in [0.1, 0.15) is 20.8 Å². The zero-order valence-corrected chi connectivity index (χ0v) is 12.6. The molecule has 5 nitrogen and oxygen atoms in total. The molecule has 0 spiro atoms. The number of imidazole rings is 1. The first kappa shape index (κ1) is 13.1. The number of nitrogens with one attached hydrogen (secondary N) is 1. The maximum absolute atomic E-state index is 11.6. The number of ether oxygens (including phenoxy) is 1. The predicted molar refractivity (Wildman–Crippen MR) is 77.8 cm³/mol. The van der Waals surface area contributed by atoms with Gasteiger partial charge in [-0.2, -0.15) is 0 Å². The molecule has 1 amide bonds. The third kappa shape index (κ3) is 3.12. The third-order valence-corrected chi connectivity index (χ3v) is 2.90. The summed E-state index contributed by atoms with van der Waals surface area (Å²) in [4.78, 5) is 15.8. The number of aromatic nitrogens is 2. The van der Waals surface area contributed by atoms with Gasteiger partial charge in [0.2, 0.25) is 0 Å². The molecular formula is C12H14IN3O2. The molecule has 2 rings (SSSR count). The Balaban J connectivity index is 2.17. The highest BCUT2D eigenvalue weighted by Gasteiger charge is 2.16. The van der Waals surface area contributed by atoms with Gasteiger partial charge in [0.15, 0.2) is 0 Å². The van der Waals surface area contributed by atoms with Crippen LogP contribution in [0.5, 0.6) is 0 Å². The summed E-state index contributed by atoms with van der Waals surface area (Å²) in [6.07, 6.45) is 3.12. The van der Waals surface area contributed by atoms with Gasteiger partial charge in [-0.3, -0.25) is 9.72 Å². The maximum Gasteiger partial charge on any atom is 0.412 e. The van der Waals surface area contributed by atoms with Crippen molar-refractivity contribution in [2.75, 3.05) is 5.32 Å². The molecule has 0 aliphatic heterocycles. The second kappa shape index (κ2) is 4.75. The van der Waals surface area contributed by atoms with Crippen LogP contribution < -0.4 is 5.32 Å². The summed E-state index contributed by atoms with van der Waals surface area (Å²) in [5.74, 6) is 0. The van der Waals surface area contributed by atoms with E-state index < -0.39 is 11.7 Å². The monoisotopic (exact) mass is 359 g/mol. The average Bonchev–Trinajstić information content (AvgIpc) is 2.57. The lowest BCUT2D eigenvalue weighted by Crippen LogP contribution is -2.27. The third-order valence-electron chi connectivity index (χ3n) is 2.11. The van der Waals surface area contributed by atoms with Crippen molar-refractivity contribution in [1.29, 1.82) is 0 Å². The fourth-order valence-corrected chi connectivity index (χ4v) is 1.97. The van der Waals surface area contributed by atoms with E-state index in [0.717, 1.165) is 9.35 Å². The standard InChI is InChI=1S/C12H14IN3O2/c1-12(2,3)18-11(17)15-8-4-5-10-14-6-9(13)16(10)7-8/h4-7H,1-3H3,(H,15,17). The zero-order chi connectivity index (χ0) is 13.3. The quantitative estimate of drug-likeness (QED) is 0.795. The Morgan fingerprint density at radius 1 is 1.44 bits per heavy atom. The number of pyridine rings is 1. The first-order chi connectivity index (χ1) is 8.35. The van der Waals surface area contributed by atoms with Gasteiger partial charge < -0.3 is 4.74 Å². The summed E-state index contributed by atoms with van der Waals surface area (Å²) >= 11 is 2.18. The zero-order valence-electron chi connectivity index (χ0n) is 10.4. The highest BCUT2D eigenvalue weighted by molar-refractivity contribution is 14.1. The van der Waals surface area contributed by atoms with Crippen LogP contribution in [0.15, 0.2) is 24.5 Å². The van der Waals surface area contributed by atoms with E-state index in [4.69, 9.17) is 4.74 Å². The average molecular weight is 359 g/mol. The van der Waals surface area contributed by atoms with Gasteiger partial charge in [0.05, 0.1) is 11.9 Å². The van der Waals surface area contributed by atoms with Crippen molar-refractivity contribution in [1.82, 2.24) is 9.38 Å². The molecule has 2 heterocycles. The molecule has 0 aliphatic rings. The maximum atomic E-state index is 11.6. The molecule has 0 saturated carbocycles. The number of fused-ring (bicyclic) bond motifs is 1. The van der Waals surface area contributed by atoms with E-state index in [1.54, 1.807) is 12.3 Å². The van der Waals surface area contributed by atoms with Crippen molar-refractivity contribution in [3.63, 3.8) is 0 Å². The number of rotatable bonds is 1. The Labute approximate surface area is 119 Å². The first-order valence-corrected chi connectivity index (χ1v) is 6.56. The molecule has 0 unspecified atom stereocenters. The van der Waals surface area contributed by atoms with Gasteiger partial charge in [0.1, 0.15) is 14.9 Å². The molecule has 0 atom stereocenters. The first-order valence-electron chi connectivity index (χ1n) is 5.48. The predicted octanol–water partition coefficient (Wildman–Crippen LogP) is 3.29. The number of hydrogen-bond acceptors (Lipinski definition) is 3. The van der Waals surface area contributed by atoms with Gasteiger partial charge in [-0.25, -0.2) is 9.78 Å². The summed E-state index contributed by atoms with van der Waals surface area (Å²) in [6, 6.07) is 3.64. The van der Waals surface area contributed by atoms with Crippen molar-refractivity contribution in [2.45, 2.75) is 26.4 Å². The Morgan fingerprint density at radius 2 is 2.17 bits per heavy atom. The lowest BCUT2D eigenvalue weighted by molar-refractivity contribution is 0.0636. The van der Waals surface area contributed by atoms with E-state index in [9.17, 15) is 4.79 Å². The van der Waals surface area contributed by atoms with E-state index in [1.807, 2.05) is 37.4 Å². The smallest absolute Gasteiger partial charge is 0.412 e. The van der Waals surface area contributed by atoms with Crippen molar-refractivity contribution >= 4 is 40.0 Å². The largest absolute Gasteiger partial charge is 0.444 e.